The smallest absolute Gasteiger partial charge is 0.524 e. The molecule has 0 spiro atoms. The summed E-state index contributed by atoms with van der Waals surface area (Å²) in [6.07, 6.45) is 0. The molecule has 8 aliphatic rings. The molecule has 0 atom stereocenters. The Morgan fingerprint density at radius 3 is 0.764 bits per heavy atom. The van der Waals surface area contributed by atoms with E-state index in [0.717, 1.165) is 62.8 Å². The Kier molecular flexibility index (Phi) is 15.3. The molecule has 0 radical (unpaired) electrons. The van der Waals surface area contributed by atoms with Crippen LogP contribution in [0, 0.1) is 0 Å². The van der Waals surface area contributed by atoms with Crippen molar-refractivity contribution in [3.8, 4) is 84.6 Å². The SMILES string of the molecule is c1ccc2c(c1)B1Oc3ccc(-n4c5ccccc5c5ccccc54)cc3N1c1ccccc1-2.c1ccc2c(c1)OB1c3ccc(-n4c5ccccc5c5ccccc54)cc3-c3ccccc3N12.c1ccc2c(c1)OB1c3ccccc3-c3cc(-n4c5ccccc5c5ccccc54)ccc3N12.c1ccc2c(c1)OB1c3ccccc3-c3ccccc3N12. The molecule has 18 aromatic carbocycles. The zero-order valence-corrected chi connectivity index (χ0v) is 66.4. The second-order valence-electron chi connectivity index (χ2n) is 32.3. The minimum Gasteiger partial charge on any atom is -0.536 e. The van der Waals surface area contributed by atoms with E-state index < -0.39 is 0 Å². The molecular weight excluding hydrogens is 1500 g/mol. The van der Waals surface area contributed by atoms with E-state index in [1.165, 1.54) is 155 Å². The molecule has 8 aliphatic heterocycles. The molecule has 0 saturated carbocycles. The number of nitrogens with zero attached hydrogens (tertiary/aromatic N) is 7. The molecule has 15 heteroatoms. The van der Waals surface area contributed by atoms with Crippen molar-refractivity contribution >= 4 is 161 Å². The van der Waals surface area contributed by atoms with Gasteiger partial charge in [-0.1, -0.05) is 279 Å². The maximum Gasteiger partial charge on any atom is 0.524 e. The van der Waals surface area contributed by atoms with Crippen LogP contribution in [0.15, 0.2) is 419 Å². The van der Waals surface area contributed by atoms with Gasteiger partial charge in [-0.2, -0.15) is 0 Å². The van der Waals surface area contributed by atoms with Crippen LogP contribution >= 0.6 is 0 Å². The highest BCUT2D eigenvalue weighted by molar-refractivity contribution is 6.79. The number of rotatable bonds is 3. The zero-order chi connectivity index (χ0) is 80.5. The van der Waals surface area contributed by atoms with Crippen LogP contribution in [-0.2, 0) is 0 Å². The maximum absolute atomic E-state index is 6.56. The van der Waals surface area contributed by atoms with Crippen LogP contribution in [0.1, 0.15) is 0 Å². The zero-order valence-electron chi connectivity index (χ0n) is 66.4. The first-order valence-corrected chi connectivity index (χ1v) is 42.1. The molecule has 123 heavy (non-hydrogen) atoms. The molecule has 11 nitrogen and oxygen atoms in total. The number of hydrogen-bond acceptors (Lipinski definition) is 8. The van der Waals surface area contributed by atoms with Crippen LogP contribution in [0.5, 0.6) is 23.0 Å². The van der Waals surface area contributed by atoms with E-state index in [-0.39, 0.29) is 28.2 Å². The Balaban J connectivity index is 0.0000000892. The van der Waals surface area contributed by atoms with E-state index in [2.05, 4.69) is 427 Å². The van der Waals surface area contributed by atoms with E-state index in [0.29, 0.717) is 0 Å². The number of hydrogen-bond donors (Lipinski definition) is 0. The summed E-state index contributed by atoms with van der Waals surface area (Å²) in [6.45, 7) is 0. The van der Waals surface area contributed by atoms with Crippen LogP contribution in [0.25, 0.3) is 127 Å². The molecule has 11 heterocycles. The summed E-state index contributed by atoms with van der Waals surface area (Å²) in [6, 6.07) is 149. The van der Waals surface area contributed by atoms with Crippen LogP contribution in [-0.4, -0.2) is 41.9 Å². The third kappa shape index (κ3) is 10.4. The van der Waals surface area contributed by atoms with Crippen molar-refractivity contribution in [2.45, 2.75) is 0 Å². The number of anilines is 8. The Morgan fingerprint density at radius 1 is 0.154 bits per heavy atom. The largest absolute Gasteiger partial charge is 0.536 e. The van der Waals surface area contributed by atoms with Gasteiger partial charge in [-0.25, -0.2) is 0 Å². The minimum atomic E-state index is -0.158. The summed E-state index contributed by atoms with van der Waals surface area (Å²) in [4.78, 5) is 9.31. The van der Waals surface area contributed by atoms with Gasteiger partial charge in [-0.05, 0) is 184 Å². The van der Waals surface area contributed by atoms with Crippen molar-refractivity contribution in [1.82, 2.24) is 13.7 Å². The van der Waals surface area contributed by atoms with Gasteiger partial charge in [-0.3, -0.25) is 0 Å². The van der Waals surface area contributed by atoms with E-state index in [4.69, 9.17) is 18.6 Å². The fraction of sp³-hybridized carbons (Fsp3) is 0. The molecule has 21 aromatic rings. The predicted octanol–water partition coefficient (Wildman–Crippen LogP) is 23.7. The van der Waals surface area contributed by atoms with E-state index in [1.807, 2.05) is 24.3 Å². The third-order valence-corrected chi connectivity index (χ3v) is 25.9. The highest BCUT2D eigenvalue weighted by Crippen LogP contribution is 2.53. The first-order chi connectivity index (χ1) is 61.1. The highest BCUT2D eigenvalue weighted by Gasteiger charge is 2.49. The van der Waals surface area contributed by atoms with Crippen molar-refractivity contribution in [1.29, 1.82) is 0 Å². The van der Waals surface area contributed by atoms with Crippen LogP contribution in [0.2, 0.25) is 0 Å². The van der Waals surface area contributed by atoms with Gasteiger partial charge in [0.05, 0.1) is 55.8 Å². The molecule has 572 valence electrons. The summed E-state index contributed by atoms with van der Waals surface area (Å²) in [5.41, 5.74) is 34.8. The molecule has 0 fully saturated rings. The van der Waals surface area contributed by atoms with E-state index in [1.54, 1.807) is 0 Å². The predicted molar refractivity (Wildman–Crippen MR) is 509 cm³/mol. The van der Waals surface area contributed by atoms with Gasteiger partial charge >= 0.3 is 28.2 Å². The van der Waals surface area contributed by atoms with E-state index in [9.17, 15) is 0 Å². The molecule has 0 bridgehead atoms. The van der Waals surface area contributed by atoms with Gasteiger partial charge in [0.2, 0.25) is 0 Å². The first-order valence-electron chi connectivity index (χ1n) is 42.1. The number of para-hydroxylation sites is 15. The van der Waals surface area contributed by atoms with Gasteiger partial charge in [0, 0.05) is 94.4 Å². The molecule has 0 N–H and O–H groups in total. The minimum absolute atomic E-state index is 0.0616. The number of aromatic nitrogens is 3. The molecule has 29 rings (SSSR count). The van der Waals surface area contributed by atoms with Gasteiger partial charge < -0.3 is 51.6 Å². The Bertz CT molecular complexity index is 7840. The lowest BCUT2D eigenvalue weighted by Crippen LogP contribution is -2.50. The lowest BCUT2D eigenvalue weighted by molar-refractivity contribution is 0.603. The van der Waals surface area contributed by atoms with Crippen molar-refractivity contribution in [2.24, 2.45) is 0 Å². The Labute approximate surface area is 711 Å². The summed E-state index contributed by atoms with van der Waals surface area (Å²) < 4.78 is 32.8. The summed E-state index contributed by atoms with van der Waals surface area (Å²) in [5, 5.41) is 7.64. The molecule has 3 aromatic heterocycles. The topological polar surface area (TPSA) is 64.7 Å². The lowest BCUT2D eigenvalue weighted by atomic mass is 9.64. The van der Waals surface area contributed by atoms with Crippen molar-refractivity contribution in [3.63, 3.8) is 0 Å². The molecule has 0 amide bonds. The average Bonchev–Trinajstić information content (AvgIpc) is 1.58. The Morgan fingerprint density at radius 2 is 0.390 bits per heavy atom. The van der Waals surface area contributed by atoms with Crippen LogP contribution < -0.4 is 59.7 Å². The second kappa shape index (κ2) is 27.3. The van der Waals surface area contributed by atoms with Gasteiger partial charge in [-0.15, -0.1) is 0 Å². The molecule has 0 unspecified atom stereocenters. The monoisotopic (exact) mass is 1570 g/mol. The van der Waals surface area contributed by atoms with Gasteiger partial charge in [0.25, 0.3) is 0 Å². The first kappa shape index (κ1) is 69.0. The number of fused-ring (bicyclic) bond motifs is 41. The van der Waals surface area contributed by atoms with Crippen molar-refractivity contribution in [2.75, 3.05) is 19.2 Å². The second-order valence-corrected chi connectivity index (χ2v) is 32.3. The standard InChI is InChI=1S/3C30H19BN2O.C18H12BNO/c1-5-13-25-21(9-1)22-10-4-8-16-28(22)33-29-19-20(17-18-30(29)34-31(25)33)32-26-14-6-2-11-23(26)24-12-3-7-15-27(24)32;1-4-12-25-21(9-1)24-19-20(17-18-28(24)33-29-15-7-8-16-30(29)34-31(25)33)32-26-13-5-2-10-22(26)23-11-3-6-14-27(23)32;1-4-12-26-21(9-1)22-10-2-5-13-27(22)32(26)20-17-18-25-24(19-20)23-11-3-6-14-28(23)33-29-15-7-8-16-30(29)34-31(25)33;1-3-9-15-13(7-1)14-8-2-4-10-16(14)20-17-11-5-6-12-18(17)21-19(15)20/h3*1-19H;1-12H. The van der Waals surface area contributed by atoms with Gasteiger partial charge in [0.15, 0.2) is 0 Å². The van der Waals surface area contributed by atoms with Crippen molar-refractivity contribution < 1.29 is 18.6 Å². The fourth-order valence-electron chi connectivity index (χ4n) is 20.7. The summed E-state index contributed by atoms with van der Waals surface area (Å²) in [5.74, 6) is 3.73. The fourth-order valence-corrected chi connectivity index (χ4v) is 20.7. The normalized spacial score (nSPS) is 13.5. The molecular formula is C108H69B4N7O4. The molecule has 0 saturated heterocycles. The highest BCUT2D eigenvalue weighted by atomic mass is 16.5. The number of benzene rings is 18. The van der Waals surface area contributed by atoms with Crippen molar-refractivity contribution in [3.05, 3.63) is 419 Å². The van der Waals surface area contributed by atoms with E-state index >= 15 is 0 Å². The van der Waals surface area contributed by atoms with Gasteiger partial charge in [0.1, 0.15) is 23.0 Å². The molecule has 0 aliphatic carbocycles. The van der Waals surface area contributed by atoms with Crippen LogP contribution in [0.3, 0.4) is 0 Å². The summed E-state index contributed by atoms with van der Waals surface area (Å²) >= 11 is 0. The average molecular weight is 1570 g/mol. The third-order valence-electron chi connectivity index (χ3n) is 25.9. The lowest BCUT2D eigenvalue weighted by Gasteiger charge is -2.31. The quantitative estimate of drug-likeness (QED) is 0.162. The Hall–Kier alpha value is -16.0. The summed E-state index contributed by atoms with van der Waals surface area (Å²) in [7, 11) is -0.516. The maximum atomic E-state index is 6.56. The van der Waals surface area contributed by atoms with Crippen LogP contribution in [0.4, 0.5) is 45.5 Å².